The van der Waals surface area contributed by atoms with Crippen molar-refractivity contribution in [2.45, 2.75) is 32.7 Å². The normalized spacial score (nSPS) is 15.4. The second-order valence-electron chi connectivity index (χ2n) is 9.17. The molecule has 8 heteroatoms. The van der Waals surface area contributed by atoms with Crippen molar-refractivity contribution in [3.05, 3.63) is 76.7 Å². The van der Waals surface area contributed by atoms with E-state index in [4.69, 9.17) is 19.4 Å². The third kappa shape index (κ3) is 5.44. The predicted octanol–water partition coefficient (Wildman–Crippen LogP) is 4.07. The Hall–Kier alpha value is -3.65. The van der Waals surface area contributed by atoms with E-state index in [9.17, 15) is 4.79 Å². The first-order valence-corrected chi connectivity index (χ1v) is 12.6. The van der Waals surface area contributed by atoms with E-state index in [-0.39, 0.29) is 6.03 Å². The third-order valence-electron chi connectivity index (χ3n) is 6.79. The zero-order valence-corrected chi connectivity index (χ0v) is 21.0. The number of urea groups is 1. The molecular weight excluding hydrogens is 454 g/mol. The van der Waals surface area contributed by atoms with E-state index in [2.05, 4.69) is 35.3 Å². The molecule has 1 aromatic heterocycles. The minimum absolute atomic E-state index is 0.0988. The van der Waals surface area contributed by atoms with Crippen molar-refractivity contribution in [1.29, 1.82) is 0 Å². The number of hydrogen-bond donors (Lipinski definition) is 1. The van der Waals surface area contributed by atoms with Crippen molar-refractivity contribution in [2.24, 2.45) is 0 Å². The molecule has 2 aromatic carbocycles. The largest absolute Gasteiger partial charge is 0.497 e. The second kappa shape index (κ2) is 11.0. The van der Waals surface area contributed by atoms with Gasteiger partial charge in [0, 0.05) is 43.7 Å². The number of aryl methyl sites for hydroxylation is 1. The van der Waals surface area contributed by atoms with Crippen molar-refractivity contribution >= 4 is 17.5 Å². The molecule has 0 saturated carbocycles. The number of carbonyl (C=O) groups is 1. The van der Waals surface area contributed by atoms with Crippen LogP contribution in [0.1, 0.15) is 35.1 Å². The van der Waals surface area contributed by atoms with Crippen molar-refractivity contribution in [3.8, 4) is 5.75 Å². The number of ether oxygens (including phenoxy) is 2. The standard InChI is InChI=1S/C28H33N5O3/c1-3-20-7-9-22(10-8-20)29-28(34)33-12-11-25-24(19-33)27(32-13-15-36-16-14-32)31-26(30-25)18-21-5-4-6-23(17-21)35-2/h4-10,17H,3,11-16,18-19H2,1-2H3,(H,29,34). The highest BCUT2D eigenvalue weighted by atomic mass is 16.5. The molecule has 2 amide bonds. The Morgan fingerprint density at radius 2 is 1.86 bits per heavy atom. The highest BCUT2D eigenvalue weighted by Gasteiger charge is 2.28. The van der Waals surface area contributed by atoms with Gasteiger partial charge in [-0.15, -0.1) is 0 Å². The van der Waals surface area contributed by atoms with E-state index in [1.54, 1.807) is 7.11 Å². The van der Waals surface area contributed by atoms with Crippen molar-refractivity contribution in [2.75, 3.05) is 50.2 Å². The molecular formula is C28H33N5O3. The SMILES string of the molecule is CCc1ccc(NC(=O)N2CCc3nc(Cc4cccc(OC)c4)nc(N4CCOCC4)c3C2)cc1. The van der Waals surface area contributed by atoms with Gasteiger partial charge in [0.1, 0.15) is 17.4 Å². The van der Waals surface area contributed by atoms with Crippen LogP contribution in [0.5, 0.6) is 5.75 Å². The second-order valence-corrected chi connectivity index (χ2v) is 9.17. The first kappa shape index (κ1) is 24.1. The summed E-state index contributed by atoms with van der Waals surface area (Å²) in [4.78, 5) is 27.2. The summed E-state index contributed by atoms with van der Waals surface area (Å²) in [5, 5.41) is 3.05. The molecule has 0 bridgehead atoms. The van der Waals surface area contributed by atoms with Crippen LogP contribution in [-0.2, 0) is 30.5 Å². The lowest BCUT2D eigenvalue weighted by molar-refractivity contribution is 0.122. The molecule has 0 spiro atoms. The van der Waals surface area contributed by atoms with Gasteiger partial charge >= 0.3 is 6.03 Å². The first-order chi connectivity index (χ1) is 17.6. The number of amides is 2. The molecule has 0 radical (unpaired) electrons. The van der Waals surface area contributed by atoms with Gasteiger partial charge in [0.2, 0.25) is 0 Å². The maximum absolute atomic E-state index is 13.1. The molecule has 3 heterocycles. The smallest absolute Gasteiger partial charge is 0.322 e. The highest BCUT2D eigenvalue weighted by Crippen LogP contribution is 2.29. The van der Waals surface area contributed by atoms with Gasteiger partial charge in [-0.1, -0.05) is 31.2 Å². The number of fused-ring (bicyclic) bond motifs is 1. The molecule has 0 unspecified atom stereocenters. The number of carbonyl (C=O) groups excluding carboxylic acids is 1. The summed E-state index contributed by atoms with van der Waals surface area (Å²) >= 11 is 0. The Kier molecular flexibility index (Phi) is 7.32. The number of hydrogen-bond acceptors (Lipinski definition) is 6. The van der Waals surface area contributed by atoms with Crippen LogP contribution < -0.4 is 15.0 Å². The molecule has 2 aliphatic heterocycles. The van der Waals surface area contributed by atoms with Crippen LogP contribution in [0, 0.1) is 0 Å². The van der Waals surface area contributed by atoms with Crippen LogP contribution in [-0.4, -0.2) is 60.9 Å². The van der Waals surface area contributed by atoms with E-state index in [1.807, 2.05) is 35.2 Å². The Bertz CT molecular complexity index is 1210. The lowest BCUT2D eigenvalue weighted by Crippen LogP contribution is -2.42. The summed E-state index contributed by atoms with van der Waals surface area (Å²) in [5.74, 6) is 2.54. The quantitative estimate of drug-likeness (QED) is 0.565. The van der Waals surface area contributed by atoms with Crippen molar-refractivity contribution < 1.29 is 14.3 Å². The van der Waals surface area contributed by atoms with Gasteiger partial charge in [0.05, 0.1) is 32.6 Å². The molecule has 1 saturated heterocycles. The van der Waals surface area contributed by atoms with Gasteiger partial charge in [0.25, 0.3) is 0 Å². The molecule has 3 aromatic rings. The average molecular weight is 488 g/mol. The maximum Gasteiger partial charge on any atom is 0.322 e. The van der Waals surface area contributed by atoms with E-state index in [1.165, 1.54) is 5.56 Å². The predicted molar refractivity (Wildman–Crippen MR) is 140 cm³/mol. The topological polar surface area (TPSA) is 79.8 Å². The molecule has 2 aliphatic rings. The lowest BCUT2D eigenvalue weighted by atomic mass is 10.0. The number of aromatic nitrogens is 2. The molecule has 1 N–H and O–H groups in total. The molecule has 8 nitrogen and oxygen atoms in total. The maximum atomic E-state index is 13.1. The molecule has 0 atom stereocenters. The number of anilines is 2. The van der Waals surface area contributed by atoms with Crippen LogP contribution in [0.2, 0.25) is 0 Å². The summed E-state index contributed by atoms with van der Waals surface area (Å²) in [6, 6.07) is 15.9. The summed E-state index contributed by atoms with van der Waals surface area (Å²) in [5.41, 5.74) is 5.22. The Morgan fingerprint density at radius 3 is 2.61 bits per heavy atom. The van der Waals surface area contributed by atoms with Crippen LogP contribution >= 0.6 is 0 Å². The van der Waals surface area contributed by atoms with Crippen molar-refractivity contribution in [1.82, 2.24) is 14.9 Å². The van der Waals surface area contributed by atoms with Gasteiger partial charge in [0.15, 0.2) is 0 Å². The number of morpholine rings is 1. The van der Waals surface area contributed by atoms with Gasteiger partial charge in [-0.25, -0.2) is 14.8 Å². The zero-order chi connectivity index (χ0) is 24.9. The molecule has 0 aliphatic carbocycles. The fourth-order valence-corrected chi connectivity index (χ4v) is 4.73. The van der Waals surface area contributed by atoms with E-state index >= 15 is 0 Å². The Morgan fingerprint density at radius 1 is 1.06 bits per heavy atom. The minimum atomic E-state index is -0.0988. The fraction of sp³-hybridized carbons (Fsp3) is 0.393. The van der Waals surface area contributed by atoms with E-state index in [0.29, 0.717) is 39.1 Å². The van der Waals surface area contributed by atoms with Gasteiger partial charge in [-0.3, -0.25) is 0 Å². The van der Waals surface area contributed by atoms with Crippen LogP contribution in [0.3, 0.4) is 0 Å². The van der Waals surface area contributed by atoms with E-state index in [0.717, 1.165) is 59.4 Å². The number of rotatable bonds is 6. The number of benzene rings is 2. The summed E-state index contributed by atoms with van der Waals surface area (Å²) in [6.45, 7) is 6.11. The van der Waals surface area contributed by atoms with Gasteiger partial charge < -0.3 is 24.6 Å². The highest BCUT2D eigenvalue weighted by molar-refractivity contribution is 5.89. The zero-order valence-electron chi connectivity index (χ0n) is 21.0. The number of methoxy groups -OCH3 is 1. The number of nitrogens with zero attached hydrogens (tertiary/aromatic N) is 4. The van der Waals surface area contributed by atoms with Gasteiger partial charge in [-0.05, 0) is 41.8 Å². The molecule has 5 rings (SSSR count). The third-order valence-corrected chi connectivity index (χ3v) is 6.79. The summed E-state index contributed by atoms with van der Waals surface area (Å²) in [6.07, 6.45) is 2.30. The van der Waals surface area contributed by atoms with E-state index < -0.39 is 0 Å². The first-order valence-electron chi connectivity index (χ1n) is 12.6. The average Bonchev–Trinajstić information content (AvgIpc) is 2.93. The van der Waals surface area contributed by atoms with Crippen molar-refractivity contribution in [3.63, 3.8) is 0 Å². The number of nitrogens with one attached hydrogen (secondary N) is 1. The molecule has 188 valence electrons. The summed E-state index contributed by atoms with van der Waals surface area (Å²) in [7, 11) is 1.67. The molecule has 1 fully saturated rings. The summed E-state index contributed by atoms with van der Waals surface area (Å²) < 4.78 is 11.0. The lowest BCUT2D eigenvalue weighted by Gasteiger charge is -2.34. The van der Waals surface area contributed by atoms with Crippen LogP contribution in [0.4, 0.5) is 16.3 Å². The van der Waals surface area contributed by atoms with Crippen LogP contribution in [0.25, 0.3) is 0 Å². The Balaban J connectivity index is 1.39. The monoisotopic (exact) mass is 487 g/mol. The van der Waals surface area contributed by atoms with Crippen LogP contribution in [0.15, 0.2) is 48.5 Å². The Labute approximate surface area is 212 Å². The minimum Gasteiger partial charge on any atom is -0.497 e. The van der Waals surface area contributed by atoms with Gasteiger partial charge in [-0.2, -0.15) is 0 Å². The fourth-order valence-electron chi connectivity index (χ4n) is 4.73. The molecule has 36 heavy (non-hydrogen) atoms.